The Hall–Kier alpha value is -2.77. The van der Waals surface area contributed by atoms with Crippen molar-refractivity contribution in [2.24, 2.45) is 0 Å². The van der Waals surface area contributed by atoms with Crippen LogP contribution in [0.4, 0.5) is 0 Å². The van der Waals surface area contributed by atoms with Crippen molar-refractivity contribution in [3.63, 3.8) is 0 Å². The van der Waals surface area contributed by atoms with Crippen molar-refractivity contribution in [3.8, 4) is 11.1 Å². The lowest BCUT2D eigenvalue weighted by molar-refractivity contribution is -0.141. The summed E-state index contributed by atoms with van der Waals surface area (Å²) in [4.78, 5) is 12.1. The first-order chi connectivity index (χ1) is 17.3. The molecule has 36 heavy (non-hydrogen) atoms. The van der Waals surface area contributed by atoms with E-state index in [9.17, 15) is 15.0 Å². The Balaban J connectivity index is 2.25. The number of aliphatic hydroxyl groups is 3. The number of hydrogen-bond acceptors (Lipinski definition) is 6. The van der Waals surface area contributed by atoms with Crippen LogP contribution < -0.4 is 0 Å². The van der Waals surface area contributed by atoms with Gasteiger partial charge in [0.1, 0.15) is 6.61 Å². The number of carbonyl (C=O) groups excluding carboxylic acids is 1. The van der Waals surface area contributed by atoms with E-state index in [1.807, 2.05) is 6.07 Å². The number of esters is 1. The zero-order valence-electron chi connectivity index (χ0n) is 21.5. The molecular formula is C30H40O6. The normalized spacial score (nSPS) is 12.7. The molecule has 0 radical (unpaired) electrons. The summed E-state index contributed by atoms with van der Waals surface area (Å²) in [5.74, 6) is -1.07. The summed E-state index contributed by atoms with van der Waals surface area (Å²) >= 11 is 0. The molecule has 0 saturated heterocycles. The fraction of sp³-hybridized carbons (Fsp3) is 0.433. The number of aryl methyl sites for hydroxylation is 2. The average molecular weight is 497 g/mol. The molecule has 6 heteroatoms. The van der Waals surface area contributed by atoms with Gasteiger partial charge in [0.2, 0.25) is 0 Å². The van der Waals surface area contributed by atoms with E-state index in [0.717, 1.165) is 35.1 Å². The van der Waals surface area contributed by atoms with Crippen molar-refractivity contribution in [1.82, 2.24) is 0 Å². The molecule has 2 rings (SSSR count). The van der Waals surface area contributed by atoms with Crippen molar-refractivity contribution >= 4 is 5.97 Å². The number of aliphatic hydroxyl groups excluding tert-OH is 3. The lowest BCUT2D eigenvalue weighted by Crippen LogP contribution is -2.24. The third-order valence-corrected chi connectivity index (χ3v) is 6.22. The highest BCUT2D eigenvalue weighted by molar-refractivity contribution is 5.87. The molecule has 196 valence electrons. The molecule has 3 N–H and O–H groups in total. The smallest absolute Gasteiger partial charge is 0.335 e. The summed E-state index contributed by atoms with van der Waals surface area (Å²) < 4.78 is 10.8. The Kier molecular flexibility index (Phi) is 12.6. The predicted molar refractivity (Wildman–Crippen MR) is 143 cm³/mol. The number of benzene rings is 2. The molecule has 2 aromatic carbocycles. The molecule has 2 atom stereocenters. The fourth-order valence-corrected chi connectivity index (χ4v) is 3.86. The van der Waals surface area contributed by atoms with E-state index in [-0.39, 0.29) is 30.3 Å². The highest BCUT2D eigenvalue weighted by atomic mass is 16.6. The van der Waals surface area contributed by atoms with E-state index in [2.05, 4.69) is 63.4 Å². The Morgan fingerprint density at radius 1 is 0.972 bits per heavy atom. The van der Waals surface area contributed by atoms with Gasteiger partial charge in [-0.2, -0.15) is 0 Å². The van der Waals surface area contributed by atoms with Gasteiger partial charge in [-0.3, -0.25) is 0 Å². The molecule has 0 fully saturated rings. The van der Waals surface area contributed by atoms with Gasteiger partial charge in [0.15, 0.2) is 6.29 Å². The van der Waals surface area contributed by atoms with Crippen LogP contribution in [0.15, 0.2) is 66.8 Å². The van der Waals surface area contributed by atoms with Gasteiger partial charge < -0.3 is 24.8 Å². The van der Waals surface area contributed by atoms with Crippen LogP contribution in [0.3, 0.4) is 0 Å². The molecular weight excluding hydrogens is 456 g/mol. The first-order valence-corrected chi connectivity index (χ1v) is 12.6. The molecule has 0 saturated carbocycles. The minimum Gasteiger partial charge on any atom is -0.462 e. The Labute approximate surface area is 214 Å². The van der Waals surface area contributed by atoms with Crippen LogP contribution in [0.5, 0.6) is 0 Å². The van der Waals surface area contributed by atoms with Gasteiger partial charge in [0, 0.05) is 11.5 Å². The molecule has 0 spiro atoms. The third-order valence-electron chi connectivity index (χ3n) is 6.22. The van der Waals surface area contributed by atoms with Crippen LogP contribution in [0.2, 0.25) is 0 Å². The van der Waals surface area contributed by atoms with Crippen molar-refractivity contribution in [1.29, 1.82) is 0 Å². The zero-order chi connectivity index (χ0) is 26.5. The van der Waals surface area contributed by atoms with Crippen molar-refractivity contribution in [3.05, 3.63) is 83.5 Å². The van der Waals surface area contributed by atoms with Crippen LogP contribution in [0.25, 0.3) is 11.1 Å². The van der Waals surface area contributed by atoms with Gasteiger partial charge in [-0.1, -0.05) is 82.3 Å². The molecule has 6 nitrogen and oxygen atoms in total. The minimum atomic E-state index is -1.33. The van der Waals surface area contributed by atoms with Crippen molar-refractivity contribution < 1.29 is 29.6 Å². The molecule has 0 bridgehead atoms. The quantitative estimate of drug-likeness (QED) is 0.102. The van der Waals surface area contributed by atoms with Crippen LogP contribution in [-0.4, -0.2) is 54.0 Å². The van der Waals surface area contributed by atoms with Gasteiger partial charge >= 0.3 is 5.97 Å². The van der Waals surface area contributed by atoms with Crippen LogP contribution in [-0.2, 0) is 27.1 Å². The van der Waals surface area contributed by atoms with Crippen molar-refractivity contribution in [2.45, 2.75) is 58.2 Å². The summed E-state index contributed by atoms with van der Waals surface area (Å²) in [5.41, 5.74) is 5.76. The van der Waals surface area contributed by atoms with Gasteiger partial charge in [-0.15, -0.1) is 0 Å². The van der Waals surface area contributed by atoms with Crippen LogP contribution in [0.1, 0.15) is 55.7 Å². The van der Waals surface area contributed by atoms with Crippen LogP contribution >= 0.6 is 0 Å². The number of hydrogen-bond donors (Lipinski definition) is 3. The largest absolute Gasteiger partial charge is 0.462 e. The zero-order valence-corrected chi connectivity index (χ0v) is 21.5. The molecule has 2 unspecified atom stereocenters. The van der Waals surface area contributed by atoms with E-state index in [1.54, 1.807) is 0 Å². The Bertz CT molecular complexity index is 995. The molecule has 0 amide bonds. The molecule has 0 aliphatic carbocycles. The van der Waals surface area contributed by atoms with E-state index in [0.29, 0.717) is 0 Å². The molecule has 0 heterocycles. The van der Waals surface area contributed by atoms with Gasteiger partial charge in [0.05, 0.1) is 25.4 Å². The Morgan fingerprint density at radius 2 is 1.69 bits per heavy atom. The minimum absolute atomic E-state index is 0.0227. The second-order valence-corrected chi connectivity index (χ2v) is 8.98. The monoisotopic (exact) mass is 496 g/mol. The van der Waals surface area contributed by atoms with Gasteiger partial charge in [0.25, 0.3) is 0 Å². The summed E-state index contributed by atoms with van der Waals surface area (Å²) in [6.07, 6.45) is 4.21. The highest BCUT2D eigenvalue weighted by Crippen LogP contribution is 2.29. The van der Waals surface area contributed by atoms with E-state index < -0.39 is 25.5 Å². The SMILES string of the molecule is C=C(CO)C(=O)OCC(COC(O)C(=C)CO)c1ccc(-c2ccc(CCCCC)cc2)c(CC)c1. The first kappa shape index (κ1) is 29.5. The number of ether oxygens (including phenoxy) is 2. The number of carbonyl (C=O) groups is 1. The van der Waals surface area contributed by atoms with E-state index in [1.165, 1.54) is 24.8 Å². The lowest BCUT2D eigenvalue weighted by Gasteiger charge is -2.22. The number of unbranched alkanes of at least 4 members (excludes halogenated alkanes) is 2. The third kappa shape index (κ3) is 8.71. The second-order valence-electron chi connectivity index (χ2n) is 8.98. The molecule has 2 aromatic rings. The average Bonchev–Trinajstić information content (AvgIpc) is 2.91. The summed E-state index contributed by atoms with van der Waals surface area (Å²) in [6.45, 7) is 10.5. The lowest BCUT2D eigenvalue weighted by atomic mass is 9.91. The standard InChI is InChI=1S/C30H40O6/c1-5-7-8-9-23-10-12-25(13-11-23)28-15-14-26(16-24(28)6-2)27(19-35-29(33)21(3)17-31)20-36-30(34)22(4)18-32/h10-16,27,29,31-33H,3-9,17-20H2,1-2H3. The topological polar surface area (TPSA) is 96.2 Å². The van der Waals surface area contributed by atoms with Gasteiger partial charge in [-0.05, 0) is 47.1 Å². The first-order valence-electron chi connectivity index (χ1n) is 12.6. The number of rotatable bonds is 16. The maximum absolute atomic E-state index is 12.1. The summed E-state index contributed by atoms with van der Waals surface area (Å²) in [7, 11) is 0. The summed E-state index contributed by atoms with van der Waals surface area (Å²) in [5, 5.41) is 28.4. The Morgan fingerprint density at radius 3 is 2.31 bits per heavy atom. The maximum Gasteiger partial charge on any atom is 0.335 e. The maximum atomic E-state index is 12.1. The molecule has 0 aromatic heterocycles. The fourth-order valence-electron chi connectivity index (χ4n) is 3.86. The molecule has 0 aliphatic rings. The highest BCUT2D eigenvalue weighted by Gasteiger charge is 2.20. The predicted octanol–water partition coefficient (Wildman–Crippen LogP) is 4.71. The van der Waals surface area contributed by atoms with Crippen molar-refractivity contribution in [2.75, 3.05) is 26.4 Å². The molecule has 0 aliphatic heterocycles. The summed E-state index contributed by atoms with van der Waals surface area (Å²) in [6, 6.07) is 14.8. The van der Waals surface area contributed by atoms with Gasteiger partial charge in [-0.25, -0.2) is 4.79 Å². The van der Waals surface area contributed by atoms with E-state index >= 15 is 0 Å². The van der Waals surface area contributed by atoms with E-state index in [4.69, 9.17) is 14.6 Å². The van der Waals surface area contributed by atoms with Crippen LogP contribution in [0, 0.1) is 0 Å². The second kappa shape index (κ2) is 15.4.